The molecule has 0 atom stereocenters. The van der Waals surface area contributed by atoms with E-state index in [1.54, 1.807) is 0 Å². The molecule has 8 heteroatoms. The first-order valence-electron chi connectivity index (χ1n) is 5.03. The van der Waals surface area contributed by atoms with Gasteiger partial charge in [-0.3, -0.25) is 0 Å². The summed E-state index contributed by atoms with van der Waals surface area (Å²) < 4.78 is 4.69. The van der Waals surface area contributed by atoms with Crippen LogP contribution < -0.4 is 34.7 Å². The molecule has 0 saturated carbocycles. The van der Waals surface area contributed by atoms with E-state index in [4.69, 9.17) is 9.84 Å². The fourth-order valence-corrected chi connectivity index (χ4v) is 1.19. The van der Waals surface area contributed by atoms with Crippen LogP contribution >= 0.6 is 0 Å². The molecule has 0 bridgehead atoms. The van der Waals surface area contributed by atoms with Gasteiger partial charge in [-0.25, -0.2) is 4.79 Å². The van der Waals surface area contributed by atoms with E-state index in [-0.39, 0.29) is 54.6 Å². The summed E-state index contributed by atoms with van der Waals surface area (Å²) >= 11 is 0. The van der Waals surface area contributed by atoms with Gasteiger partial charge >= 0.3 is 35.5 Å². The number of aromatic hydroxyl groups is 3. The number of ether oxygens (including phenoxy) is 1. The molecule has 0 spiro atoms. The van der Waals surface area contributed by atoms with E-state index in [0.29, 0.717) is 0 Å². The molecule has 19 heavy (non-hydrogen) atoms. The van der Waals surface area contributed by atoms with E-state index in [0.717, 1.165) is 12.1 Å². The summed E-state index contributed by atoms with van der Waals surface area (Å²) in [7, 11) is 0. The predicted molar refractivity (Wildman–Crippen MR) is 56.0 cm³/mol. The summed E-state index contributed by atoms with van der Waals surface area (Å²) in [6.45, 7) is -0.130. The molecule has 0 unspecified atom stereocenters. The van der Waals surface area contributed by atoms with Crippen molar-refractivity contribution in [3.05, 3.63) is 17.7 Å². The summed E-state index contributed by atoms with van der Waals surface area (Å²) in [4.78, 5) is 21.5. The second-order valence-corrected chi connectivity index (χ2v) is 3.47. The number of phenolic OH excluding ortho intramolecular Hbond substituents is 3. The van der Waals surface area contributed by atoms with Gasteiger partial charge in [-0.15, -0.1) is 0 Å². The Morgan fingerprint density at radius 2 is 1.68 bits per heavy atom. The molecule has 1 aromatic rings. The van der Waals surface area contributed by atoms with Gasteiger partial charge < -0.3 is 30.0 Å². The number of benzene rings is 1. The molecule has 1 rings (SSSR count). The smallest absolute Gasteiger partial charge is 0.550 e. The first-order chi connectivity index (χ1) is 8.41. The van der Waals surface area contributed by atoms with Crippen LogP contribution in [0.15, 0.2) is 12.1 Å². The maximum absolute atomic E-state index is 11.4. The molecular weight excluding hydrogens is 267 g/mol. The number of phenols is 3. The van der Waals surface area contributed by atoms with Gasteiger partial charge in [0, 0.05) is 5.97 Å². The Labute approximate surface area is 130 Å². The second-order valence-electron chi connectivity index (χ2n) is 3.47. The quantitative estimate of drug-likeness (QED) is 0.221. The average Bonchev–Trinajstić information content (AvgIpc) is 2.30. The molecule has 0 heterocycles. The Hall–Kier alpha value is -1.44. The van der Waals surface area contributed by atoms with Gasteiger partial charge in [0.2, 0.25) is 0 Å². The number of aliphatic carboxylic acids is 1. The first kappa shape index (κ1) is 17.6. The van der Waals surface area contributed by atoms with Crippen molar-refractivity contribution in [2.45, 2.75) is 12.8 Å². The topological polar surface area (TPSA) is 127 Å². The van der Waals surface area contributed by atoms with Gasteiger partial charge in [0.25, 0.3) is 0 Å². The minimum Gasteiger partial charge on any atom is -0.550 e. The second kappa shape index (κ2) is 7.88. The van der Waals surface area contributed by atoms with Gasteiger partial charge in [0.05, 0.1) is 12.2 Å². The molecule has 7 nitrogen and oxygen atoms in total. The van der Waals surface area contributed by atoms with Crippen LogP contribution in [0.5, 0.6) is 17.2 Å². The Balaban J connectivity index is 0.00000324. The largest absolute Gasteiger partial charge is 1.00 e. The van der Waals surface area contributed by atoms with Crippen LogP contribution in [-0.2, 0) is 9.53 Å². The molecule has 98 valence electrons. The fraction of sp³-hybridized carbons (Fsp3) is 0.273. The number of rotatable bonds is 5. The maximum Gasteiger partial charge on any atom is 1.00 e. The number of carboxylic acids is 1. The molecule has 0 aromatic heterocycles. The minimum absolute atomic E-state index is 0. The summed E-state index contributed by atoms with van der Waals surface area (Å²) in [5.74, 6) is -4.14. The number of carbonyl (C=O) groups is 2. The van der Waals surface area contributed by atoms with E-state index < -0.39 is 29.2 Å². The van der Waals surface area contributed by atoms with Gasteiger partial charge in [-0.2, -0.15) is 0 Å². The number of carboxylic acid groups (broad SMARTS) is 1. The molecular formula is C11H11NaO7. The molecule has 0 aliphatic rings. The van der Waals surface area contributed by atoms with Crippen LogP contribution in [0.1, 0.15) is 23.2 Å². The molecule has 0 amide bonds. The van der Waals surface area contributed by atoms with E-state index in [2.05, 4.69) is 0 Å². The average molecular weight is 278 g/mol. The third-order valence-corrected chi connectivity index (χ3v) is 2.06. The number of esters is 1. The first-order valence-corrected chi connectivity index (χ1v) is 5.03. The van der Waals surface area contributed by atoms with Gasteiger partial charge in [-0.1, -0.05) is 0 Å². The molecule has 0 aliphatic heterocycles. The Morgan fingerprint density at radius 1 is 1.16 bits per heavy atom. The van der Waals surface area contributed by atoms with E-state index >= 15 is 0 Å². The van der Waals surface area contributed by atoms with Crippen LogP contribution in [0, 0.1) is 0 Å². The zero-order valence-electron chi connectivity index (χ0n) is 10.3. The zero-order valence-corrected chi connectivity index (χ0v) is 12.3. The Bertz CT molecular complexity index is 449. The van der Waals surface area contributed by atoms with Crippen molar-refractivity contribution in [2.75, 3.05) is 6.61 Å². The summed E-state index contributed by atoms with van der Waals surface area (Å²) in [5, 5.41) is 37.5. The summed E-state index contributed by atoms with van der Waals surface area (Å²) in [5.41, 5.74) is -0.156. The van der Waals surface area contributed by atoms with Gasteiger partial charge in [0.1, 0.15) is 0 Å². The molecule has 0 saturated heterocycles. The van der Waals surface area contributed by atoms with Crippen molar-refractivity contribution in [2.24, 2.45) is 0 Å². The maximum atomic E-state index is 11.4. The molecule has 0 fully saturated rings. The molecule has 0 radical (unpaired) electrons. The van der Waals surface area contributed by atoms with Crippen molar-refractivity contribution < 1.29 is 64.3 Å². The number of carbonyl (C=O) groups excluding carboxylic acids is 2. The molecule has 0 aliphatic carbocycles. The van der Waals surface area contributed by atoms with Crippen molar-refractivity contribution in [1.29, 1.82) is 0 Å². The van der Waals surface area contributed by atoms with Crippen LogP contribution in [0.2, 0.25) is 0 Å². The fourth-order valence-electron chi connectivity index (χ4n) is 1.19. The van der Waals surface area contributed by atoms with Crippen molar-refractivity contribution in [1.82, 2.24) is 0 Å². The van der Waals surface area contributed by atoms with Crippen molar-refractivity contribution in [3.63, 3.8) is 0 Å². The van der Waals surface area contributed by atoms with Crippen LogP contribution in [-0.4, -0.2) is 33.9 Å². The number of hydrogen-bond donors (Lipinski definition) is 3. The Kier molecular flexibility index (Phi) is 7.28. The van der Waals surface area contributed by atoms with E-state index in [1.165, 1.54) is 0 Å². The van der Waals surface area contributed by atoms with Crippen molar-refractivity contribution >= 4 is 11.9 Å². The van der Waals surface area contributed by atoms with E-state index in [1.807, 2.05) is 0 Å². The number of hydrogen-bond acceptors (Lipinski definition) is 7. The standard InChI is InChI=1S/C11H12O7.Na/c12-7-4-6(5-8(13)10(7)16)11(17)18-3-1-2-9(14)15;/h4-5,12-13,16H,1-3H2,(H,14,15);/q;+1/p-1. The predicted octanol–water partition coefficient (Wildman–Crippen LogP) is -3.51. The summed E-state index contributed by atoms with van der Waals surface area (Å²) in [6, 6.07) is 1.85. The van der Waals surface area contributed by atoms with Gasteiger partial charge in [-0.05, 0) is 25.0 Å². The molecule has 1 aromatic carbocycles. The minimum atomic E-state index is -1.24. The monoisotopic (exact) mass is 278 g/mol. The third-order valence-electron chi connectivity index (χ3n) is 2.06. The van der Waals surface area contributed by atoms with Crippen LogP contribution in [0.3, 0.4) is 0 Å². The van der Waals surface area contributed by atoms with Crippen molar-refractivity contribution in [3.8, 4) is 17.2 Å². The van der Waals surface area contributed by atoms with Crippen LogP contribution in [0.4, 0.5) is 0 Å². The SMILES string of the molecule is O=C([O-])CCCOC(=O)c1cc(O)c(O)c(O)c1.[Na+]. The Morgan fingerprint density at radius 3 is 2.16 bits per heavy atom. The zero-order chi connectivity index (χ0) is 13.7. The molecule has 3 N–H and O–H groups in total. The third kappa shape index (κ3) is 5.37. The van der Waals surface area contributed by atoms with Crippen LogP contribution in [0.25, 0.3) is 0 Å². The van der Waals surface area contributed by atoms with E-state index in [9.17, 15) is 24.9 Å². The normalized spacial score (nSPS) is 9.47. The summed E-state index contributed by atoms with van der Waals surface area (Å²) in [6.07, 6.45) is -0.135. The van der Waals surface area contributed by atoms with Gasteiger partial charge in [0.15, 0.2) is 17.2 Å².